The monoisotopic (exact) mass is 701 g/mol. The highest BCUT2D eigenvalue weighted by Gasteiger charge is 2.25. The lowest BCUT2D eigenvalue weighted by Gasteiger charge is -2.18. The van der Waals surface area contributed by atoms with Crippen molar-refractivity contribution in [3.63, 3.8) is 0 Å². The van der Waals surface area contributed by atoms with Crippen molar-refractivity contribution in [2.24, 2.45) is 0 Å². The number of nitrogens with zero attached hydrogens (tertiary/aromatic N) is 9. The Labute approximate surface area is 311 Å². The molecule has 260 valence electrons. The Kier molecular flexibility index (Phi) is 7.40. The molecule has 0 fully saturated rings. The predicted molar refractivity (Wildman–Crippen MR) is 215 cm³/mol. The van der Waals surface area contributed by atoms with E-state index in [4.69, 9.17) is 29.9 Å². The smallest absolute Gasteiger partial charge is 0.164 e. The third kappa shape index (κ3) is 5.08. The first-order valence-electron chi connectivity index (χ1n) is 18.2. The third-order valence-electron chi connectivity index (χ3n) is 10.3. The number of para-hydroxylation sites is 2. The van der Waals surface area contributed by atoms with Crippen molar-refractivity contribution in [1.82, 2.24) is 43.6 Å². The van der Waals surface area contributed by atoms with Gasteiger partial charge in [-0.1, -0.05) is 48.6 Å². The van der Waals surface area contributed by atoms with E-state index >= 15 is 0 Å². The zero-order valence-electron chi connectivity index (χ0n) is 30.1. The molecule has 10 rings (SSSR count). The van der Waals surface area contributed by atoms with Gasteiger partial charge in [0.15, 0.2) is 16.9 Å². The molecule has 0 atom stereocenters. The minimum Gasteiger partial charge on any atom is -0.277 e. The highest BCUT2D eigenvalue weighted by Crippen LogP contribution is 2.39. The second-order valence-electron chi connectivity index (χ2n) is 13.8. The van der Waals surface area contributed by atoms with Gasteiger partial charge in [-0.15, -0.1) is 0 Å². The van der Waals surface area contributed by atoms with Crippen LogP contribution < -0.4 is 0 Å². The van der Waals surface area contributed by atoms with E-state index in [-0.39, 0.29) is 0 Å². The second-order valence-corrected chi connectivity index (χ2v) is 13.8. The molecule has 9 heteroatoms. The first kappa shape index (κ1) is 31.7. The standard InChI is InChI=1S/C45H35N9/c1-28-13-4-7-19-37(28)52-40(49-34-16-10-22-46-43(34)52)31-25-32(41-50-35-17-11-23-47-44(35)53(41)38-20-8-5-14-29(38)2)27-33(26-31)42-51-36-18-12-24-48-45(36)54(42)39-21-9-6-15-30(39)3/h4-5,7-8,10-27H,6,9H2,1-3H3. The average Bonchev–Trinajstić information content (AvgIpc) is 3.91. The van der Waals surface area contributed by atoms with Gasteiger partial charge in [-0.2, -0.15) is 0 Å². The number of rotatable bonds is 6. The van der Waals surface area contributed by atoms with E-state index in [0.29, 0.717) is 0 Å². The van der Waals surface area contributed by atoms with Gasteiger partial charge in [0.2, 0.25) is 0 Å². The molecule has 9 aromatic rings. The van der Waals surface area contributed by atoms with E-state index in [0.717, 1.165) is 109 Å². The van der Waals surface area contributed by atoms with Crippen LogP contribution in [0.2, 0.25) is 0 Å². The van der Waals surface area contributed by atoms with Crippen molar-refractivity contribution >= 4 is 39.2 Å². The first-order valence-corrected chi connectivity index (χ1v) is 18.2. The van der Waals surface area contributed by atoms with Gasteiger partial charge in [-0.05, 0) is 117 Å². The van der Waals surface area contributed by atoms with Crippen LogP contribution in [0.15, 0.2) is 139 Å². The van der Waals surface area contributed by atoms with Crippen molar-refractivity contribution in [1.29, 1.82) is 0 Å². The summed E-state index contributed by atoms with van der Waals surface area (Å²) in [5.74, 6) is 2.33. The number of aromatic nitrogens is 9. The molecule has 1 aliphatic carbocycles. The first-order chi connectivity index (χ1) is 26.5. The molecular formula is C45H35N9. The lowest BCUT2D eigenvalue weighted by atomic mass is 10.0. The Bertz CT molecular complexity index is 2850. The lowest BCUT2D eigenvalue weighted by Crippen LogP contribution is -2.06. The quantitative estimate of drug-likeness (QED) is 0.171. The van der Waals surface area contributed by atoms with E-state index in [1.807, 2.05) is 55.0 Å². The normalized spacial score (nSPS) is 13.2. The zero-order chi connectivity index (χ0) is 36.3. The molecule has 0 saturated heterocycles. The molecule has 9 nitrogen and oxygen atoms in total. The maximum absolute atomic E-state index is 5.29. The van der Waals surface area contributed by atoms with Crippen LogP contribution in [0, 0.1) is 13.8 Å². The summed E-state index contributed by atoms with van der Waals surface area (Å²) in [6, 6.07) is 35.2. The summed E-state index contributed by atoms with van der Waals surface area (Å²) in [5.41, 5.74) is 14.1. The molecule has 0 spiro atoms. The lowest BCUT2D eigenvalue weighted by molar-refractivity contribution is 0.980. The fourth-order valence-electron chi connectivity index (χ4n) is 7.70. The predicted octanol–water partition coefficient (Wildman–Crippen LogP) is 10.1. The number of imidazole rings is 3. The van der Waals surface area contributed by atoms with Crippen molar-refractivity contribution in [3.05, 3.63) is 151 Å². The van der Waals surface area contributed by atoms with Crippen LogP contribution in [-0.2, 0) is 0 Å². The number of pyridine rings is 3. The summed E-state index contributed by atoms with van der Waals surface area (Å²) < 4.78 is 6.54. The third-order valence-corrected chi connectivity index (χ3v) is 10.3. The Morgan fingerprint density at radius 3 is 1.30 bits per heavy atom. The molecule has 0 radical (unpaired) electrons. The van der Waals surface area contributed by atoms with Gasteiger partial charge in [0.25, 0.3) is 0 Å². The topological polar surface area (TPSA) is 92.1 Å². The summed E-state index contributed by atoms with van der Waals surface area (Å²) in [4.78, 5) is 30.4. The Morgan fingerprint density at radius 2 is 0.852 bits per heavy atom. The highest BCUT2D eigenvalue weighted by atomic mass is 15.2. The Morgan fingerprint density at radius 1 is 0.444 bits per heavy atom. The van der Waals surface area contributed by atoms with Crippen LogP contribution in [0.3, 0.4) is 0 Å². The number of benzene rings is 3. The van der Waals surface area contributed by atoms with Crippen molar-refractivity contribution < 1.29 is 0 Å². The molecule has 0 aliphatic heterocycles. The van der Waals surface area contributed by atoms with Gasteiger partial charge >= 0.3 is 0 Å². The highest BCUT2D eigenvalue weighted by molar-refractivity contribution is 5.90. The Hall–Kier alpha value is -7.00. The molecule has 3 aromatic carbocycles. The summed E-state index contributed by atoms with van der Waals surface area (Å²) in [6.07, 6.45) is 12.0. The zero-order valence-corrected chi connectivity index (χ0v) is 30.1. The molecule has 6 heterocycles. The molecule has 0 bridgehead atoms. The number of hydrogen-bond acceptors (Lipinski definition) is 6. The van der Waals surface area contributed by atoms with Crippen LogP contribution in [0.5, 0.6) is 0 Å². The van der Waals surface area contributed by atoms with E-state index in [1.165, 1.54) is 5.57 Å². The van der Waals surface area contributed by atoms with Gasteiger partial charge < -0.3 is 0 Å². The van der Waals surface area contributed by atoms with E-state index in [9.17, 15) is 0 Å². The van der Waals surface area contributed by atoms with Crippen LogP contribution >= 0.6 is 0 Å². The van der Waals surface area contributed by atoms with Crippen LogP contribution in [0.1, 0.15) is 30.9 Å². The van der Waals surface area contributed by atoms with Crippen molar-refractivity contribution in [3.8, 4) is 45.5 Å². The Balaban J connectivity index is 1.32. The maximum Gasteiger partial charge on any atom is 0.164 e. The van der Waals surface area contributed by atoms with Crippen molar-refractivity contribution in [2.45, 2.75) is 33.6 Å². The molecular weight excluding hydrogens is 667 g/mol. The number of fused-ring (bicyclic) bond motifs is 3. The van der Waals surface area contributed by atoms with Crippen molar-refractivity contribution in [2.75, 3.05) is 0 Å². The fraction of sp³-hybridized carbons (Fsp3) is 0.111. The summed E-state index contributed by atoms with van der Waals surface area (Å²) >= 11 is 0. The largest absolute Gasteiger partial charge is 0.277 e. The van der Waals surface area contributed by atoms with E-state index < -0.39 is 0 Å². The summed E-state index contributed by atoms with van der Waals surface area (Å²) in [5, 5.41) is 0. The molecule has 0 unspecified atom stereocenters. The number of hydrogen-bond donors (Lipinski definition) is 0. The van der Waals surface area contributed by atoms with Gasteiger partial charge in [-0.3, -0.25) is 13.7 Å². The molecule has 0 N–H and O–H groups in total. The molecule has 6 aromatic heterocycles. The van der Waals surface area contributed by atoms with Crippen LogP contribution in [0.4, 0.5) is 0 Å². The number of allylic oxidation sites excluding steroid dienone is 4. The number of aryl methyl sites for hydroxylation is 2. The molecule has 0 amide bonds. The van der Waals surface area contributed by atoms with Gasteiger partial charge in [0.05, 0.1) is 11.4 Å². The summed E-state index contributed by atoms with van der Waals surface area (Å²) in [7, 11) is 0. The van der Waals surface area contributed by atoms with Gasteiger partial charge in [0, 0.05) is 41.0 Å². The van der Waals surface area contributed by atoms with Gasteiger partial charge in [-0.25, -0.2) is 29.9 Å². The fourth-order valence-corrected chi connectivity index (χ4v) is 7.70. The van der Waals surface area contributed by atoms with Gasteiger partial charge in [0.1, 0.15) is 34.0 Å². The molecule has 54 heavy (non-hydrogen) atoms. The van der Waals surface area contributed by atoms with E-state index in [2.05, 4.69) is 113 Å². The van der Waals surface area contributed by atoms with Crippen LogP contribution in [-0.4, -0.2) is 43.6 Å². The molecule has 0 saturated carbocycles. The minimum absolute atomic E-state index is 0.770. The van der Waals surface area contributed by atoms with Crippen LogP contribution in [0.25, 0.3) is 84.7 Å². The second kappa shape index (κ2) is 12.6. The minimum atomic E-state index is 0.770. The average molecular weight is 702 g/mol. The summed E-state index contributed by atoms with van der Waals surface area (Å²) in [6.45, 7) is 6.41. The molecule has 1 aliphatic rings. The van der Waals surface area contributed by atoms with E-state index in [1.54, 1.807) is 0 Å². The maximum atomic E-state index is 5.29. The SMILES string of the molecule is CC1=CCCC=C1n1c(-c2cc(-c3nc4cccnc4n3-c3ccccc3C)cc(-c3nc4cccnc4n3-c3ccccc3C)c2)nc2cccnc21.